The Morgan fingerprint density at radius 1 is 1.45 bits per heavy atom. The fraction of sp³-hybridized carbons (Fsp3) is 0.429. The van der Waals surface area contributed by atoms with Crippen molar-refractivity contribution >= 4 is 10.0 Å². The van der Waals surface area contributed by atoms with E-state index in [1.807, 2.05) is 6.92 Å². The Bertz CT molecular complexity index is 594. The van der Waals surface area contributed by atoms with Crippen molar-refractivity contribution in [2.45, 2.75) is 24.8 Å². The quantitative estimate of drug-likeness (QED) is 0.778. The SMILES string of the molecule is C#CCN(CCC)S(=O)(=O)c1cc(F)ccc1CNC. The van der Waals surface area contributed by atoms with Gasteiger partial charge in [-0.2, -0.15) is 4.31 Å². The van der Waals surface area contributed by atoms with Crippen molar-refractivity contribution in [2.75, 3.05) is 20.1 Å². The maximum atomic E-state index is 13.4. The Labute approximate surface area is 120 Å². The molecule has 1 aromatic carbocycles. The third kappa shape index (κ3) is 3.79. The van der Waals surface area contributed by atoms with E-state index >= 15 is 0 Å². The highest BCUT2D eigenvalue weighted by atomic mass is 32.2. The number of hydrogen-bond donors (Lipinski definition) is 1. The first-order valence-corrected chi connectivity index (χ1v) is 7.78. The van der Waals surface area contributed by atoms with E-state index < -0.39 is 15.8 Å². The van der Waals surface area contributed by atoms with Gasteiger partial charge in [0.1, 0.15) is 5.82 Å². The minimum atomic E-state index is -3.79. The Morgan fingerprint density at radius 2 is 2.15 bits per heavy atom. The summed E-state index contributed by atoms with van der Waals surface area (Å²) in [5, 5.41) is 2.87. The van der Waals surface area contributed by atoms with Crippen molar-refractivity contribution in [2.24, 2.45) is 0 Å². The normalized spacial score (nSPS) is 11.6. The molecule has 0 fully saturated rings. The molecule has 0 heterocycles. The zero-order valence-electron chi connectivity index (χ0n) is 11.7. The van der Waals surface area contributed by atoms with Crippen LogP contribution in [0.15, 0.2) is 23.1 Å². The monoisotopic (exact) mass is 298 g/mol. The van der Waals surface area contributed by atoms with Gasteiger partial charge in [-0.25, -0.2) is 12.8 Å². The van der Waals surface area contributed by atoms with Crippen LogP contribution in [-0.4, -0.2) is 32.9 Å². The number of sulfonamides is 1. The number of nitrogens with one attached hydrogen (secondary N) is 1. The molecule has 0 bridgehead atoms. The molecule has 0 saturated carbocycles. The lowest BCUT2D eigenvalue weighted by Crippen LogP contribution is -2.33. The van der Waals surface area contributed by atoms with Crippen LogP contribution < -0.4 is 5.32 Å². The third-order valence-corrected chi connectivity index (χ3v) is 4.68. The van der Waals surface area contributed by atoms with E-state index in [1.165, 1.54) is 16.4 Å². The molecule has 0 saturated heterocycles. The van der Waals surface area contributed by atoms with Gasteiger partial charge >= 0.3 is 0 Å². The molecule has 1 N–H and O–H groups in total. The predicted octanol–water partition coefficient (Wildman–Crippen LogP) is 1.58. The van der Waals surface area contributed by atoms with Gasteiger partial charge in [-0.3, -0.25) is 0 Å². The van der Waals surface area contributed by atoms with Crippen LogP contribution in [0.4, 0.5) is 4.39 Å². The molecule has 0 aliphatic rings. The van der Waals surface area contributed by atoms with Crippen LogP contribution in [0.5, 0.6) is 0 Å². The van der Waals surface area contributed by atoms with E-state index in [1.54, 1.807) is 7.05 Å². The zero-order valence-corrected chi connectivity index (χ0v) is 12.5. The summed E-state index contributed by atoms with van der Waals surface area (Å²) in [4.78, 5) is -0.0319. The average Bonchev–Trinajstić information content (AvgIpc) is 2.40. The molecular weight excluding hydrogens is 279 g/mol. The molecule has 110 valence electrons. The number of benzene rings is 1. The summed E-state index contributed by atoms with van der Waals surface area (Å²) >= 11 is 0. The van der Waals surface area contributed by atoms with Crippen molar-refractivity contribution in [1.82, 2.24) is 9.62 Å². The number of rotatable bonds is 7. The second-order valence-corrected chi connectivity index (χ2v) is 6.23. The maximum absolute atomic E-state index is 13.4. The number of halogens is 1. The van der Waals surface area contributed by atoms with Crippen LogP contribution in [0.3, 0.4) is 0 Å². The van der Waals surface area contributed by atoms with E-state index in [0.717, 1.165) is 6.07 Å². The molecule has 0 unspecified atom stereocenters. The van der Waals surface area contributed by atoms with Gasteiger partial charge in [0.2, 0.25) is 10.0 Å². The molecule has 1 aromatic rings. The van der Waals surface area contributed by atoms with Gasteiger partial charge in [-0.1, -0.05) is 18.9 Å². The summed E-state index contributed by atoms with van der Waals surface area (Å²) in [5.74, 6) is 1.75. The number of terminal acetylenes is 1. The Balaban J connectivity index is 3.32. The smallest absolute Gasteiger partial charge is 0.244 e. The molecule has 0 aromatic heterocycles. The van der Waals surface area contributed by atoms with Gasteiger partial charge < -0.3 is 5.32 Å². The molecule has 0 amide bonds. The fourth-order valence-electron chi connectivity index (χ4n) is 1.88. The topological polar surface area (TPSA) is 49.4 Å². The van der Waals surface area contributed by atoms with Gasteiger partial charge in [0, 0.05) is 13.1 Å². The number of hydrogen-bond acceptors (Lipinski definition) is 3. The van der Waals surface area contributed by atoms with Gasteiger partial charge in [-0.05, 0) is 31.2 Å². The van der Waals surface area contributed by atoms with Crippen LogP contribution in [0, 0.1) is 18.2 Å². The minimum Gasteiger partial charge on any atom is -0.316 e. The highest BCUT2D eigenvalue weighted by molar-refractivity contribution is 7.89. The molecule has 0 radical (unpaired) electrons. The Morgan fingerprint density at radius 3 is 2.70 bits per heavy atom. The van der Waals surface area contributed by atoms with E-state index in [9.17, 15) is 12.8 Å². The molecule has 0 spiro atoms. The lowest BCUT2D eigenvalue weighted by molar-refractivity contribution is 0.444. The largest absolute Gasteiger partial charge is 0.316 e. The van der Waals surface area contributed by atoms with Crippen molar-refractivity contribution < 1.29 is 12.8 Å². The van der Waals surface area contributed by atoms with Crippen LogP contribution in [0.25, 0.3) is 0 Å². The summed E-state index contributed by atoms with van der Waals surface area (Å²) < 4.78 is 39.8. The second-order valence-electron chi connectivity index (χ2n) is 4.33. The van der Waals surface area contributed by atoms with Crippen molar-refractivity contribution in [1.29, 1.82) is 0 Å². The lowest BCUT2D eigenvalue weighted by atomic mass is 10.2. The fourth-order valence-corrected chi connectivity index (χ4v) is 3.56. The van der Waals surface area contributed by atoms with Crippen molar-refractivity contribution in [3.05, 3.63) is 29.6 Å². The van der Waals surface area contributed by atoms with E-state index in [4.69, 9.17) is 6.42 Å². The highest BCUT2D eigenvalue weighted by Gasteiger charge is 2.26. The van der Waals surface area contributed by atoms with Crippen LogP contribution in [0.1, 0.15) is 18.9 Å². The molecule has 0 atom stereocenters. The second kappa shape index (κ2) is 7.39. The summed E-state index contributed by atoms with van der Waals surface area (Å²) in [5.41, 5.74) is 0.520. The highest BCUT2D eigenvalue weighted by Crippen LogP contribution is 2.21. The summed E-state index contributed by atoms with van der Waals surface area (Å²) in [6.07, 6.45) is 5.86. The van der Waals surface area contributed by atoms with Gasteiger partial charge in [0.05, 0.1) is 11.4 Å². The van der Waals surface area contributed by atoms with Crippen LogP contribution in [-0.2, 0) is 16.6 Å². The zero-order chi connectivity index (χ0) is 15.2. The Hall–Kier alpha value is -1.42. The third-order valence-electron chi connectivity index (χ3n) is 2.75. The molecule has 4 nitrogen and oxygen atoms in total. The van der Waals surface area contributed by atoms with Crippen molar-refractivity contribution in [3.63, 3.8) is 0 Å². The molecular formula is C14H19FN2O2S. The minimum absolute atomic E-state index is 0.0221. The van der Waals surface area contributed by atoms with Crippen molar-refractivity contribution in [3.8, 4) is 12.3 Å². The summed E-state index contributed by atoms with van der Waals surface area (Å²) in [6.45, 7) is 2.48. The first kappa shape index (κ1) is 16.6. The number of nitrogens with zero attached hydrogens (tertiary/aromatic N) is 1. The molecule has 0 aliphatic carbocycles. The first-order chi connectivity index (χ1) is 9.47. The Kier molecular flexibility index (Phi) is 6.14. The van der Waals surface area contributed by atoms with Gasteiger partial charge in [-0.15, -0.1) is 6.42 Å². The average molecular weight is 298 g/mol. The standard InChI is InChI=1S/C14H19FN2O2S/c1-4-8-17(9-5-2)20(18,19)14-10-13(15)7-6-12(14)11-16-3/h1,6-7,10,16H,5,8-9,11H2,2-3H3. The van der Waals surface area contributed by atoms with Crippen LogP contribution in [0.2, 0.25) is 0 Å². The van der Waals surface area contributed by atoms with E-state index in [-0.39, 0.29) is 11.4 Å². The maximum Gasteiger partial charge on any atom is 0.244 e. The van der Waals surface area contributed by atoms with Gasteiger partial charge in [0.15, 0.2) is 0 Å². The molecule has 1 rings (SSSR count). The van der Waals surface area contributed by atoms with Crippen LogP contribution >= 0.6 is 0 Å². The molecule has 6 heteroatoms. The first-order valence-electron chi connectivity index (χ1n) is 6.34. The summed E-state index contributed by atoms with van der Waals surface area (Å²) in [6, 6.07) is 3.76. The molecule has 0 aliphatic heterocycles. The molecule has 20 heavy (non-hydrogen) atoms. The summed E-state index contributed by atoms with van der Waals surface area (Å²) in [7, 11) is -2.09. The van der Waals surface area contributed by atoms with E-state index in [0.29, 0.717) is 25.1 Å². The predicted molar refractivity (Wildman–Crippen MR) is 77.0 cm³/mol. The van der Waals surface area contributed by atoms with Gasteiger partial charge in [0.25, 0.3) is 0 Å². The lowest BCUT2D eigenvalue weighted by Gasteiger charge is -2.21. The van der Waals surface area contributed by atoms with E-state index in [2.05, 4.69) is 11.2 Å².